The summed E-state index contributed by atoms with van der Waals surface area (Å²) in [4.78, 5) is 31.3. The number of hydrogen-bond acceptors (Lipinski definition) is 5. The maximum Gasteiger partial charge on any atom is 0.270 e. The Morgan fingerprint density at radius 1 is 1.09 bits per heavy atom. The van der Waals surface area contributed by atoms with Crippen LogP contribution in [-0.2, 0) is 4.79 Å². The van der Waals surface area contributed by atoms with Gasteiger partial charge in [-0.2, -0.15) is 10.2 Å². The van der Waals surface area contributed by atoms with Crippen molar-refractivity contribution in [3.05, 3.63) is 47.7 Å². The monoisotopic (exact) mass is 475 g/mol. The van der Waals surface area contributed by atoms with Crippen LogP contribution in [0.2, 0.25) is 0 Å². The molecule has 2 fully saturated rings. The molecule has 3 aromatic rings. The van der Waals surface area contributed by atoms with E-state index < -0.39 is 6.04 Å². The highest BCUT2D eigenvalue weighted by Crippen LogP contribution is 2.51. The molecule has 3 aromatic heterocycles. The van der Waals surface area contributed by atoms with Crippen LogP contribution >= 0.6 is 0 Å². The van der Waals surface area contributed by atoms with Crippen molar-refractivity contribution in [2.45, 2.75) is 65.5 Å². The fourth-order valence-electron chi connectivity index (χ4n) is 5.14. The normalized spacial score (nSPS) is 16.5. The SMILES string of the molecule is Cc1n[nH]c(C)c1-c1ccc(NC(=O)C(NC(=O)c2ccnn2C(C)C)C(C2CC2)C2CC2)nc1. The maximum absolute atomic E-state index is 13.6. The van der Waals surface area contributed by atoms with Gasteiger partial charge >= 0.3 is 0 Å². The van der Waals surface area contributed by atoms with Crippen molar-refractivity contribution in [2.24, 2.45) is 17.8 Å². The van der Waals surface area contributed by atoms with Crippen molar-refractivity contribution in [1.82, 2.24) is 30.3 Å². The third-order valence-corrected chi connectivity index (χ3v) is 7.11. The number of nitrogens with zero attached hydrogens (tertiary/aromatic N) is 4. The molecule has 2 aliphatic carbocycles. The van der Waals surface area contributed by atoms with Gasteiger partial charge in [-0.3, -0.25) is 19.4 Å². The van der Waals surface area contributed by atoms with E-state index in [9.17, 15) is 9.59 Å². The van der Waals surface area contributed by atoms with E-state index in [1.165, 1.54) is 0 Å². The van der Waals surface area contributed by atoms with Gasteiger partial charge in [0.1, 0.15) is 17.6 Å². The average molecular weight is 476 g/mol. The third-order valence-electron chi connectivity index (χ3n) is 7.11. The summed E-state index contributed by atoms with van der Waals surface area (Å²) < 4.78 is 1.69. The lowest BCUT2D eigenvalue weighted by Gasteiger charge is -2.27. The number of carbonyl (C=O) groups excluding carboxylic acids is 2. The third kappa shape index (κ3) is 4.85. The number of nitrogens with one attached hydrogen (secondary N) is 3. The maximum atomic E-state index is 13.6. The lowest BCUT2D eigenvalue weighted by Crippen LogP contribution is -2.50. The first kappa shape index (κ1) is 23.3. The van der Waals surface area contributed by atoms with E-state index in [0.29, 0.717) is 23.3 Å². The number of H-pyrrole nitrogens is 1. The summed E-state index contributed by atoms with van der Waals surface area (Å²) >= 11 is 0. The molecule has 2 amide bonds. The molecule has 0 radical (unpaired) electrons. The molecule has 9 nitrogen and oxygen atoms in total. The smallest absolute Gasteiger partial charge is 0.270 e. The van der Waals surface area contributed by atoms with Gasteiger partial charge in [-0.05, 0) is 89.3 Å². The molecule has 5 rings (SSSR count). The molecule has 0 saturated heterocycles. The second-order valence-corrected chi connectivity index (χ2v) is 10.2. The molecule has 35 heavy (non-hydrogen) atoms. The average Bonchev–Trinajstić information content (AvgIpc) is 3.76. The highest BCUT2D eigenvalue weighted by atomic mass is 16.2. The van der Waals surface area contributed by atoms with Gasteiger partial charge in [0, 0.05) is 35.3 Å². The Labute approximate surface area is 205 Å². The molecule has 0 aromatic carbocycles. The van der Waals surface area contributed by atoms with Gasteiger partial charge in [0.25, 0.3) is 5.91 Å². The predicted molar refractivity (Wildman–Crippen MR) is 133 cm³/mol. The zero-order chi connectivity index (χ0) is 24.7. The number of pyridine rings is 1. The first-order chi connectivity index (χ1) is 16.8. The largest absolute Gasteiger partial charge is 0.339 e. The second kappa shape index (κ2) is 9.28. The summed E-state index contributed by atoms with van der Waals surface area (Å²) in [6.45, 7) is 7.88. The summed E-state index contributed by atoms with van der Waals surface area (Å²) in [5.74, 6) is 1.09. The summed E-state index contributed by atoms with van der Waals surface area (Å²) in [7, 11) is 0. The Hall–Kier alpha value is -3.49. The van der Waals surface area contributed by atoms with Crippen LogP contribution in [0.15, 0.2) is 30.6 Å². The molecule has 3 N–H and O–H groups in total. The minimum Gasteiger partial charge on any atom is -0.339 e. The van der Waals surface area contributed by atoms with Crippen molar-refractivity contribution in [3.63, 3.8) is 0 Å². The van der Waals surface area contributed by atoms with Gasteiger partial charge in [-0.1, -0.05) is 0 Å². The van der Waals surface area contributed by atoms with Crippen LogP contribution < -0.4 is 10.6 Å². The Morgan fingerprint density at radius 3 is 2.34 bits per heavy atom. The van der Waals surface area contributed by atoms with Crippen molar-refractivity contribution >= 4 is 17.6 Å². The number of carbonyl (C=O) groups is 2. The first-order valence-corrected chi connectivity index (χ1v) is 12.5. The van der Waals surface area contributed by atoms with Crippen LogP contribution in [0, 0.1) is 31.6 Å². The number of amides is 2. The summed E-state index contributed by atoms with van der Waals surface area (Å²) in [5, 5.41) is 17.6. The molecule has 184 valence electrons. The molecule has 3 heterocycles. The molecule has 0 spiro atoms. The van der Waals surface area contributed by atoms with Crippen molar-refractivity contribution < 1.29 is 9.59 Å². The number of aryl methyl sites for hydroxylation is 2. The Bertz CT molecular complexity index is 1190. The molecular formula is C26H33N7O2. The molecule has 2 saturated carbocycles. The Balaban J connectivity index is 1.36. The lowest BCUT2D eigenvalue weighted by atomic mass is 9.88. The van der Waals surface area contributed by atoms with E-state index in [1.807, 2.05) is 33.8 Å². The van der Waals surface area contributed by atoms with E-state index in [4.69, 9.17) is 0 Å². The van der Waals surface area contributed by atoms with Gasteiger partial charge in [-0.25, -0.2) is 4.98 Å². The van der Waals surface area contributed by atoms with E-state index in [-0.39, 0.29) is 23.8 Å². The van der Waals surface area contributed by atoms with E-state index >= 15 is 0 Å². The molecular weight excluding hydrogens is 442 g/mol. The van der Waals surface area contributed by atoms with E-state index in [0.717, 1.165) is 48.2 Å². The van der Waals surface area contributed by atoms with Crippen molar-refractivity contribution in [2.75, 3.05) is 5.32 Å². The lowest BCUT2D eigenvalue weighted by molar-refractivity contribution is -0.119. The zero-order valence-electron chi connectivity index (χ0n) is 20.7. The van der Waals surface area contributed by atoms with Crippen molar-refractivity contribution in [1.29, 1.82) is 0 Å². The van der Waals surface area contributed by atoms with Crippen LogP contribution in [0.5, 0.6) is 0 Å². The highest BCUT2D eigenvalue weighted by molar-refractivity contribution is 6.00. The summed E-state index contributed by atoms with van der Waals surface area (Å²) in [6, 6.07) is 4.87. The standard InChI is InChI=1S/C26H33N7O2/c1-14(2)33-20(11-12-28-33)25(34)30-24(23(17-5-6-17)18-7-8-18)26(35)29-21-10-9-19(13-27-21)22-15(3)31-32-16(22)4/h9-14,17-18,23-24H,5-8H2,1-4H3,(H,30,34)(H,31,32)(H,27,29,35). The van der Waals surface area contributed by atoms with E-state index in [1.54, 1.807) is 29.2 Å². The van der Waals surface area contributed by atoms with Gasteiger partial charge in [-0.15, -0.1) is 0 Å². The number of anilines is 1. The van der Waals surface area contributed by atoms with Crippen LogP contribution in [-0.4, -0.2) is 42.8 Å². The quantitative estimate of drug-likeness (QED) is 0.432. The van der Waals surface area contributed by atoms with Gasteiger partial charge in [0.2, 0.25) is 5.91 Å². The first-order valence-electron chi connectivity index (χ1n) is 12.5. The summed E-state index contributed by atoms with van der Waals surface area (Å²) in [6.07, 6.45) is 7.82. The molecule has 2 aliphatic rings. The number of aromatic nitrogens is 5. The van der Waals surface area contributed by atoms with Gasteiger partial charge in [0.05, 0.1) is 5.69 Å². The molecule has 0 aliphatic heterocycles. The number of rotatable bonds is 9. The van der Waals surface area contributed by atoms with Crippen LogP contribution in [0.3, 0.4) is 0 Å². The highest BCUT2D eigenvalue weighted by Gasteiger charge is 2.48. The van der Waals surface area contributed by atoms with Gasteiger partial charge in [0.15, 0.2) is 0 Å². The number of aromatic amines is 1. The fraction of sp³-hybridized carbons (Fsp3) is 0.500. The minimum atomic E-state index is -0.613. The second-order valence-electron chi connectivity index (χ2n) is 10.2. The predicted octanol–water partition coefficient (Wildman–Crippen LogP) is 4.04. The number of hydrogen-bond donors (Lipinski definition) is 3. The fourth-order valence-corrected chi connectivity index (χ4v) is 5.14. The molecule has 0 bridgehead atoms. The zero-order valence-corrected chi connectivity index (χ0v) is 20.7. The molecule has 1 unspecified atom stereocenters. The minimum absolute atomic E-state index is 0.0471. The molecule has 1 atom stereocenters. The topological polar surface area (TPSA) is 118 Å². The summed E-state index contributed by atoms with van der Waals surface area (Å²) in [5.41, 5.74) is 4.30. The van der Waals surface area contributed by atoms with Crippen LogP contribution in [0.4, 0.5) is 5.82 Å². The van der Waals surface area contributed by atoms with Crippen LogP contribution in [0.1, 0.15) is 67.4 Å². The molecule has 9 heteroatoms. The van der Waals surface area contributed by atoms with Crippen molar-refractivity contribution in [3.8, 4) is 11.1 Å². The Morgan fingerprint density at radius 2 is 1.80 bits per heavy atom. The van der Waals surface area contributed by atoms with Crippen LogP contribution in [0.25, 0.3) is 11.1 Å². The van der Waals surface area contributed by atoms with E-state index in [2.05, 4.69) is 30.9 Å². The van der Waals surface area contributed by atoms with Gasteiger partial charge < -0.3 is 10.6 Å². The Kier molecular flexibility index (Phi) is 6.17.